The van der Waals surface area contributed by atoms with Crippen LogP contribution in [-0.2, 0) is 16.1 Å². The lowest BCUT2D eigenvalue weighted by Gasteiger charge is -2.10. The van der Waals surface area contributed by atoms with Crippen LogP contribution in [0.1, 0.15) is 22.4 Å². The van der Waals surface area contributed by atoms with E-state index < -0.39 is 17.4 Å². The molecule has 0 radical (unpaired) electrons. The smallest absolute Gasteiger partial charge is 0.278 e. The molecule has 1 aromatic carbocycles. The van der Waals surface area contributed by atoms with Gasteiger partial charge < -0.3 is 14.6 Å². The van der Waals surface area contributed by atoms with Gasteiger partial charge in [-0.1, -0.05) is 0 Å². The van der Waals surface area contributed by atoms with E-state index in [4.69, 9.17) is 9.47 Å². The second-order valence-corrected chi connectivity index (χ2v) is 6.71. The number of aromatic nitrogens is 1. The molecule has 0 atom stereocenters. The number of nitrogens with zero attached hydrogens (tertiary/aromatic N) is 4. The predicted molar refractivity (Wildman–Crippen MR) is 108 cm³/mol. The Balaban J connectivity index is 2.06. The van der Waals surface area contributed by atoms with Crippen LogP contribution in [0.4, 0.5) is 5.69 Å². The van der Waals surface area contributed by atoms with Gasteiger partial charge in [-0.25, -0.2) is 10.4 Å². The number of nitrogens with one attached hydrogen (secondary N) is 1. The highest BCUT2D eigenvalue weighted by Crippen LogP contribution is 2.31. The van der Waals surface area contributed by atoms with E-state index in [2.05, 4.69) is 31.4 Å². The van der Waals surface area contributed by atoms with Crippen LogP contribution in [-0.4, -0.2) is 40.9 Å². The molecule has 156 valence electrons. The van der Waals surface area contributed by atoms with Gasteiger partial charge in [-0.05, 0) is 28.9 Å². The minimum absolute atomic E-state index is 0.0102. The SMILES string of the molecule is COCc1cc(C)nc(OCC(=O)N/N=C\c2cc([N+](=O)[O-])cc(Br)c2O)c1C#N. The van der Waals surface area contributed by atoms with Crippen LogP contribution in [0.3, 0.4) is 0 Å². The lowest BCUT2D eigenvalue weighted by Crippen LogP contribution is -2.25. The monoisotopic (exact) mass is 477 g/mol. The summed E-state index contributed by atoms with van der Waals surface area (Å²) in [5.41, 5.74) is 3.24. The molecule has 2 rings (SSSR count). The van der Waals surface area contributed by atoms with Crippen molar-refractivity contribution >= 4 is 33.7 Å². The number of aryl methyl sites for hydroxylation is 1. The molecule has 0 aliphatic rings. The fourth-order valence-corrected chi connectivity index (χ4v) is 2.82. The van der Waals surface area contributed by atoms with E-state index in [-0.39, 0.29) is 39.5 Å². The molecule has 1 amide bonds. The maximum atomic E-state index is 12.0. The van der Waals surface area contributed by atoms with Gasteiger partial charge in [-0.2, -0.15) is 10.4 Å². The van der Waals surface area contributed by atoms with E-state index in [0.29, 0.717) is 11.3 Å². The van der Waals surface area contributed by atoms with Crippen molar-refractivity contribution in [1.82, 2.24) is 10.4 Å². The molecule has 1 aromatic heterocycles. The Kier molecular flexibility index (Phi) is 7.79. The summed E-state index contributed by atoms with van der Waals surface area (Å²) in [6, 6.07) is 5.89. The summed E-state index contributed by atoms with van der Waals surface area (Å²) in [6.45, 7) is 1.40. The second-order valence-electron chi connectivity index (χ2n) is 5.85. The number of phenols is 1. The Labute approximate surface area is 179 Å². The summed E-state index contributed by atoms with van der Waals surface area (Å²) >= 11 is 3.01. The summed E-state index contributed by atoms with van der Waals surface area (Å²) in [6.07, 6.45) is 1.05. The molecule has 0 unspecified atom stereocenters. The molecule has 0 aliphatic carbocycles. The molecule has 0 bridgehead atoms. The number of rotatable bonds is 8. The number of ether oxygens (including phenoxy) is 2. The minimum atomic E-state index is -0.671. The van der Waals surface area contributed by atoms with Crippen LogP contribution in [0.2, 0.25) is 0 Å². The number of pyridine rings is 1. The molecular formula is C18H16BrN5O6. The Morgan fingerprint density at radius 2 is 2.23 bits per heavy atom. The van der Waals surface area contributed by atoms with Crippen molar-refractivity contribution in [1.29, 1.82) is 5.26 Å². The number of methoxy groups -OCH3 is 1. The number of benzene rings is 1. The third-order valence-corrected chi connectivity index (χ3v) is 4.23. The highest BCUT2D eigenvalue weighted by atomic mass is 79.9. The zero-order chi connectivity index (χ0) is 22.3. The van der Waals surface area contributed by atoms with Gasteiger partial charge >= 0.3 is 0 Å². The van der Waals surface area contributed by atoms with Crippen LogP contribution in [0.15, 0.2) is 27.8 Å². The second kappa shape index (κ2) is 10.3. The van der Waals surface area contributed by atoms with Gasteiger partial charge in [-0.15, -0.1) is 0 Å². The van der Waals surface area contributed by atoms with Crippen LogP contribution in [0.25, 0.3) is 0 Å². The molecule has 2 aromatic rings. The van der Waals surface area contributed by atoms with Crippen LogP contribution < -0.4 is 10.2 Å². The number of phenolic OH excluding ortho intramolecular Hbond substituents is 1. The van der Waals surface area contributed by atoms with Crippen molar-refractivity contribution < 1.29 is 24.3 Å². The predicted octanol–water partition coefficient (Wildman–Crippen LogP) is 2.31. The van der Waals surface area contributed by atoms with Crippen molar-refractivity contribution in [2.45, 2.75) is 13.5 Å². The molecule has 0 spiro atoms. The maximum Gasteiger partial charge on any atom is 0.278 e. The van der Waals surface area contributed by atoms with Crippen molar-refractivity contribution in [2.75, 3.05) is 13.7 Å². The first-order valence-electron chi connectivity index (χ1n) is 8.28. The molecule has 2 N–H and O–H groups in total. The quantitative estimate of drug-likeness (QED) is 0.332. The van der Waals surface area contributed by atoms with Gasteiger partial charge in [0.25, 0.3) is 11.6 Å². The molecule has 0 saturated heterocycles. The third-order valence-electron chi connectivity index (χ3n) is 3.63. The first kappa shape index (κ1) is 22.7. The normalized spacial score (nSPS) is 10.6. The number of nitro benzene ring substituents is 1. The number of halogens is 1. The third kappa shape index (κ3) is 5.72. The molecule has 12 heteroatoms. The number of amides is 1. The number of carbonyl (C=O) groups excluding carboxylic acids is 1. The average Bonchev–Trinajstić information content (AvgIpc) is 2.69. The van der Waals surface area contributed by atoms with Gasteiger partial charge in [0.1, 0.15) is 17.4 Å². The maximum absolute atomic E-state index is 12.0. The summed E-state index contributed by atoms with van der Waals surface area (Å²) in [5, 5.41) is 33.8. The first-order valence-corrected chi connectivity index (χ1v) is 9.07. The topological polar surface area (TPSA) is 160 Å². The van der Waals surface area contributed by atoms with Crippen molar-refractivity contribution in [3.8, 4) is 17.7 Å². The highest BCUT2D eigenvalue weighted by Gasteiger charge is 2.15. The van der Waals surface area contributed by atoms with E-state index in [1.165, 1.54) is 7.11 Å². The van der Waals surface area contributed by atoms with Gasteiger partial charge in [0.2, 0.25) is 5.88 Å². The number of hydrazone groups is 1. The Morgan fingerprint density at radius 1 is 1.50 bits per heavy atom. The van der Waals surface area contributed by atoms with Crippen LogP contribution >= 0.6 is 15.9 Å². The highest BCUT2D eigenvalue weighted by molar-refractivity contribution is 9.10. The number of carbonyl (C=O) groups is 1. The minimum Gasteiger partial charge on any atom is -0.506 e. The van der Waals surface area contributed by atoms with Crippen molar-refractivity contribution in [2.24, 2.45) is 5.10 Å². The van der Waals surface area contributed by atoms with E-state index in [9.17, 15) is 25.3 Å². The molecule has 1 heterocycles. The molecule has 30 heavy (non-hydrogen) atoms. The molecule has 0 aliphatic heterocycles. The zero-order valence-electron chi connectivity index (χ0n) is 15.9. The molecule has 0 saturated carbocycles. The number of hydrogen-bond donors (Lipinski definition) is 2. The summed E-state index contributed by atoms with van der Waals surface area (Å²) in [7, 11) is 1.49. The summed E-state index contributed by atoms with van der Waals surface area (Å²) in [5.74, 6) is -0.956. The standard InChI is InChI=1S/C18H16BrN5O6/c1-10-3-12(8-29-2)14(6-20)18(22-10)30-9-16(25)23-21-7-11-4-13(24(27)28)5-15(19)17(11)26/h3-5,7,26H,8-9H2,1-2H3,(H,23,25)/b21-7-. The number of non-ortho nitro benzene ring substituents is 1. The number of aromatic hydroxyl groups is 1. The summed E-state index contributed by atoms with van der Waals surface area (Å²) in [4.78, 5) is 26.3. The summed E-state index contributed by atoms with van der Waals surface area (Å²) < 4.78 is 10.5. The van der Waals surface area contributed by atoms with Gasteiger partial charge in [-0.3, -0.25) is 14.9 Å². The van der Waals surface area contributed by atoms with Crippen LogP contribution in [0.5, 0.6) is 11.6 Å². The van der Waals surface area contributed by atoms with E-state index in [1.807, 2.05) is 6.07 Å². The van der Waals surface area contributed by atoms with Crippen molar-refractivity contribution in [3.05, 3.63) is 55.2 Å². The zero-order valence-corrected chi connectivity index (χ0v) is 17.5. The molecule has 11 nitrogen and oxygen atoms in total. The lowest BCUT2D eigenvalue weighted by molar-refractivity contribution is -0.385. The Bertz CT molecular complexity index is 1050. The Hall–Kier alpha value is -3.56. The molecule has 0 fully saturated rings. The fourth-order valence-electron chi connectivity index (χ4n) is 2.35. The van der Waals surface area contributed by atoms with Crippen molar-refractivity contribution in [3.63, 3.8) is 0 Å². The number of nitriles is 1. The van der Waals surface area contributed by atoms with Gasteiger partial charge in [0, 0.05) is 36.1 Å². The molecular weight excluding hydrogens is 462 g/mol. The average molecular weight is 478 g/mol. The van der Waals surface area contributed by atoms with E-state index in [0.717, 1.165) is 18.3 Å². The lowest BCUT2D eigenvalue weighted by atomic mass is 10.1. The van der Waals surface area contributed by atoms with Crippen LogP contribution in [0, 0.1) is 28.4 Å². The largest absolute Gasteiger partial charge is 0.506 e. The number of nitro groups is 1. The van der Waals surface area contributed by atoms with Gasteiger partial charge in [0.05, 0.1) is 22.2 Å². The fraction of sp³-hybridized carbons (Fsp3) is 0.222. The van der Waals surface area contributed by atoms with E-state index in [1.54, 1.807) is 13.0 Å². The number of hydrogen-bond acceptors (Lipinski definition) is 9. The van der Waals surface area contributed by atoms with Gasteiger partial charge in [0.15, 0.2) is 6.61 Å². The van der Waals surface area contributed by atoms with E-state index >= 15 is 0 Å². The first-order chi connectivity index (χ1) is 14.3. The Morgan fingerprint density at radius 3 is 2.87 bits per heavy atom.